The highest BCUT2D eigenvalue weighted by atomic mass is 32.2. The van der Waals surface area contributed by atoms with Gasteiger partial charge in [-0.05, 0) is 49.7 Å². The van der Waals surface area contributed by atoms with Gasteiger partial charge in [0.15, 0.2) is 11.0 Å². The van der Waals surface area contributed by atoms with E-state index in [1.165, 1.54) is 16.4 Å². The Labute approximate surface area is 183 Å². The van der Waals surface area contributed by atoms with Crippen LogP contribution >= 0.6 is 11.8 Å². The third-order valence-electron chi connectivity index (χ3n) is 5.22. The van der Waals surface area contributed by atoms with E-state index in [1.807, 2.05) is 6.92 Å². The van der Waals surface area contributed by atoms with Crippen molar-refractivity contribution in [2.45, 2.75) is 41.1 Å². The van der Waals surface area contributed by atoms with Gasteiger partial charge in [-0.2, -0.15) is 4.31 Å². The molecule has 0 atom stereocenters. The Morgan fingerprint density at radius 1 is 1.16 bits per heavy atom. The van der Waals surface area contributed by atoms with Crippen molar-refractivity contribution in [3.63, 3.8) is 0 Å². The summed E-state index contributed by atoms with van der Waals surface area (Å²) < 4.78 is 34.2. The number of nitro groups is 1. The zero-order valence-electron chi connectivity index (χ0n) is 17.0. The first-order valence-corrected chi connectivity index (χ1v) is 11.9. The van der Waals surface area contributed by atoms with Gasteiger partial charge in [-0.3, -0.25) is 10.1 Å². The first-order valence-electron chi connectivity index (χ1n) is 9.69. The van der Waals surface area contributed by atoms with Crippen LogP contribution in [-0.2, 0) is 17.1 Å². The molecule has 0 amide bonds. The third-order valence-corrected chi connectivity index (χ3v) is 8.21. The number of nitro benzene ring substituents is 1. The predicted molar refractivity (Wildman–Crippen MR) is 113 cm³/mol. The zero-order chi connectivity index (χ0) is 22.2. The molecule has 1 aromatic carbocycles. The molecule has 10 nitrogen and oxygen atoms in total. The van der Waals surface area contributed by atoms with Gasteiger partial charge in [0.1, 0.15) is 5.76 Å². The van der Waals surface area contributed by atoms with Gasteiger partial charge < -0.3 is 8.98 Å². The van der Waals surface area contributed by atoms with Crippen molar-refractivity contribution in [2.75, 3.05) is 13.1 Å². The van der Waals surface area contributed by atoms with E-state index < -0.39 is 14.9 Å². The van der Waals surface area contributed by atoms with Crippen LogP contribution in [-0.4, -0.2) is 45.5 Å². The van der Waals surface area contributed by atoms with Crippen LogP contribution in [0.3, 0.4) is 0 Å². The van der Waals surface area contributed by atoms with Gasteiger partial charge in [0, 0.05) is 26.2 Å². The molecule has 0 saturated carbocycles. The van der Waals surface area contributed by atoms with Gasteiger partial charge in [-0.1, -0.05) is 6.42 Å². The van der Waals surface area contributed by atoms with E-state index >= 15 is 0 Å². The Morgan fingerprint density at radius 2 is 1.90 bits per heavy atom. The smallest absolute Gasteiger partial charge is 0.284 e. The van der Waals surface area contributed by atoms with Gasteiger partial charge in [-0.25, -0.2) is 8.42 Å². The lowest BCUT2D eigenvalue weighted by molar-refractivity contribution is -0.388. The third kappa shape index (κ3) is 4.10. The van der Waals surface area contributed by atoms with Gasteiger partial charge in [-0.15, -0.1) is 10.2 Å². The van der Waals surface area contributed by atoms with Gasteiger partial charge in [0.2, 0.25) is 10.0 Å². The van der Waals surface area contributed by atoms with Crippen LogP contribution in [0.2, 0.25) is 0 Å². The van der Waals surface area contributed by atoms with E-state index in [-0.39, 0.29) is 15.5 Å². The number of benzene rings is 1. The Bertz CT molecular complexity index is 1230. The Kier molecular flexibility index (Phi) is 5.86. The molecule has 1 aliphatic rings. The normalized spacial score (nSPS) is 15.3. The van der Waals surface area contributed by atoms with Crippen LogP contribution in [0, 0.1) is 17.0 Å². The molecule has 0 bridgehead atoms. The van der Waals surface area contributed by atoms with E-state index in [1.54, 1.807) is 23.9 Å². The number of hydrogen-bond acceptors (Lipinski definition) is 8. The maximum atomic E-state index is 12.9. The maximum absolute atomic E-state index is 12.9. The van der Waals surface area contributed by atoms with E-state index in [0.717, 1.165) is 42.7 Å². The Balaban J connectivity index is 1.66. The highest BCUT2D eigenvalue weighted by Gasteiger charge is 2.29. The summed E-state index contributed by atoms with van der Waals surface area (Å²) in [5, 5.41) is 20.5. The van der Waals surface area contributed by atoms with E-state index in [0.29, 0.717) is 29.8 Å². The Morgan fingerprint density at radius 3 is 2.55 bits per heavy atom. The summed E-state index contributed by atoms with van der Waals surface area (Å²) in [6.07, 6.45) is 4.12. The molecule has 3 heterocycles. The molecule has 1 aliphatic heterocycles. The second kappa shape index (κ2) is 8.44. The van der Waals surface area contributed by atoms with Crippen LogP contribution in [0.5, 0.6) is 0 Å². The number of aromatic nitrogens is 3. The second-order valence-electron chi connectivity index (χ2n) is 7.21. The van der Waals surface area contributed by atoms with Crippen molar-refractivity contribution in [2.24, 2.45) is 7.05 Å². The lowest BCUT2D eigenvalue weighted by atomic mass is 10.2. The molecule has 164 valence electrons. The summed E-state index contributed by atoms with van der Waals surface area (Å²) in [7, 11) is -2.01. The van der Waals surface area contributed by atoms with E-state index in [4.69, 9.17) is 4.42 Å². The minimum Gasteiger partial charge on any atom is -0.469 e. The molecule has 0 aliphatic carbocycles. The van der Waals surface area contributed by atoms with E-state index in [2.05, 4.69) is 10.2 Å². The average molecular weight is 464 g/mol. The lowest BCUT2D eigenvalue weighted by Gasteiger charge is -2.25. The summed E-state index contributed by atoms with van der Waals surface area (Å²) in [6.45, 7) is 2.67. The van der Waals surface area contributed by atoms with Gasteiger partial charge >= 0.3 is 0 Å². The van der Waals surface area contributed by atoms with Crippen LogP contribution in [0.4, 0.5) is 5.69 Å². The predicted octanol–water partition coefficient (Wildman–Crippen LogP) is 3.62. The van der Waals surface area contributed by atoms with Crippen LogP contribution < -0.4 is 0 Å². The largest absolute Gasteiger partial charge is 0.469 e. The molecule has 0 N–H and O–H groups in total. The summed E-state index contributed by atoms with van der Waals surface area (Å²) in [5.41, 5.74) is 0.492. The highest BCUT2D eigenvalue weighted by molar-refractivity contribution is 7.99. The van der Waals surface area contributed by atoms with Gasteiger partial charge in [0.25, 0.3) is 5.69 Å². The number of piperidine rings is 1. The molecule has 31 heavy (non-hydrogen) atoms. The molecule has 1 saturated heterocycles. The fourth-order valence-electron chi connectivity index (χ4n) is 3.49. The van der Waals surface area contributed by atoms with Crippen molar-refractivity contribution >= 4 is 27.5 Å². The molecular weight excluding hydrogens is 442 g/mol. The molecule has 1 fully saturated rings. The minimum atomic E-state index is -3.77. The Hall–Kier alpha value is -2.70. The first kappa shape index (κ1) is 21.5. The molecule has 0 radical (unpaired) electrons. The van der Waals surface area contributed by atoms with Crippen molar-refractivity contribution < 1.29 is 17.8 Å². The molecule has 0 spiro atoms. The molecular formula is C19H21N5O5S2. The molecule has 0 unspecified atom stereocenters. The summed E-state index contributed by atoms with van der Waals surface area (Å²) in [5.74, 6) is 1.26. The minimum absolute atomic E-state index is 0.0712. The number of sulfonamides is 1. The average Bonchev–Trinajstić information content (AvgIpc) is 3.34. The monoisotopic (exact) mass is 463 g/mol. The van der Waals surface area contributed by atoms with Crippen molar-refractivity contribution in [3.05, 3.63) is 46.4 Å². The topological polar surface area (TPSA) is 124 Å². The van der Waals surface area contributed by atoms with E-state index in [9.17, 15) is 18.5 Å². The highest BCUT2D eigenvalue weighted by Crippen LogP contribution is 2.37. The number of furan rings is 1. The number of aryl methyl sites for hydroxylation is 1. The fraction of sp³-hybridized carbons (Fsp3) is 0.368. The van der Waals surface area contributed by atoms with Crippen LogP contribution in [0.15, 0.2) is 49.9 Å². The van der Waals surface area contributed by atoms with Crippen LogP contribution in [0.25, 0.3) is 11.4 Å². The first-order chi connectivity index (χ1) is 14.8. The van der Waals surface area contributed by atoms with Crippen molar-refractivity contribution in [1.29, 1.82) is 0 Å². The summed E-state index contributed by atoms with van der Waals surface area (Å²) in [6, 6.07) is 5.77. The number of hydrogen-bond donors (Lipinski definition) is 0. The quantitative estimate of drug-likeness (QED) is 0.401. The standard InChI is InChI=1S/C19H21N5O5S2/c1-13-15(8-11-29-13)18-20-21-19(22(18)2)30-17-7-6-14(12-16(17)24(25)26)31(27,28)23-9-4-3-5-10-23/h6-8,11-12H,3-5,9-10H2,1-2H3. The van der Waals surface area contributed by atoms with Crippen molar-refractivity contribution in [3.8, 4) is 11.4 Å². The SMILES string of the molecule is Cc1occc1-c1nnc(Sc2ccc(S(=O)(=O)N3CCCCC3)cc2[N+](=O)[O-])n1C. The maximum Gasteiger partial charge on any atom is 0.284 e. The fourth-order valence-corrected chi connectivity index (χ4v) is 5.91. The second-order valence-corrected chi connectivity index (χ2v) is 10.2. The van der Waals surface area contributed by atoms with Gasteiger partial charge in [0.05, 0.1) is 26.5 Å². The number of nitrogens with zero attached hydrogens (tertiary/aromatic N) is 5. The number of rotatable bonds is 6. The molecule has 12 heteroatoms. The zero-order valence-corrected chi connectivity index (χ0v) is 18.6. The van der Waals surface area contributed by atoms with Crippen LogP contribution in [0.1, 0.15) is 25.0 Å². The molecule has 4 rings (SSSR count). The summed E-state index contributed by atoms with van der Waals surface area (Å²) in [4.78, 5) is 11.4. The lowest BCUT2D eigenvalue weighted by Crippen LogP contribution is -2.35. The summed E-state index contributed by atoms with van der Waals surface area (Å²) >= 11 is 1.06. The van der Waals surface area contributed by atoms with Crippen molar-refractivity contribution in [1.82, 2.24) is 19.1 Å². The molecule has 3 aromatic rings. The molecule has 2 aromatic heterocycles.